The molecule has 0 saturated carbocycles. The van der Waals surface area contributed by atoms with Gasteiger partial charge in [-0.15, -0.1) is 0 Å². The fraction of sp³-hybridized carbons (Fsp3) is 0.818. The van der Waals surface area contributed by atoms with Crippen LogP contribution in [0.5, 0.6) is 0 Å². The van der Waals surface area contributed by atoms with Gasteiger partial charge in [0, 0.05) is 0 Å². The zero-order valence-electron chi connectivity index (χ0n) is 11.0. The lowest BCUT2D eigenvalue weighted by Gasteiger charge is -2.32. The van der Waals surface area contributed by atoms with Crippen LogP contribution in [0.25, 0.3) is 0 Å². The zero-order valence-corrected chi connectivity index (χ0v) is 11.0. The average Bonchev–Trinajstić information content (AvgIpc) is 2.31. The lowest BCUT2D eigenvalue weighted by Crippen LogP contribution is -2.41. The Morgan fingerprint density at radius 3 is 1.94 bits per heavy atom. The van der Waals surface area contributed by atoms with Gasteiger partial charge in [-0.2, -0.15) is 5.90 Å². The number of allylic oxidation sites excluding steroid dienone is 1. The van der Waals surface area contributed by atoms with Crippen molar-refractivity contribution in [2.75, 3.05) is 0 Å². The SMILES string of the molecule is CC(C)/C(=C\ON)B1OC(C)(C)C(C)(C)O1. The molecule has 1 heterocycles. The van der Waals surface area contributed by atoms with E-state index in [1.807, 2.05) is 27.7 Å². The van der Waals surface area contributed by atoms with E-state index in [1.54, 1.807) is 0 Å². The summed E-state index contributed by atoms with van der Waals surface area (Å²) in [5.41, 5.74) is 0.252. The van der Waals surface area contributed by atoms with Crippen LogP contribution in [-0.2, 0) is 14.1 Å². The largest absolute Gasteiger partial charge is 0.494 e. The summed E-state index contributed by atoms with van der Waals surface area (Å²) in [6.45, 7) is 12.2. The molecule has 0 aromatic rings. The molecular weight excluding hydrogens is 205 g/mol. The first-order chi connectivity index (χ1) is 7.21. The summed E-state index contributed by atoms with van der Waals surface area (Å²) < 4.78 is 11.8. The van der Waals surface area contributed by atoms with Gasteiger partial charge in [-0.3, -0.25) is 0 Å². The van der Waals surface area contributed by atoms with Crippen molar-refractivity contribution in [2.45, 2.75) is 52.7 Å². The van der Waals surface area contributed by atoms with Crippen LogP contribution in [0.4, 0.5) is 0 Å². The predicted octanol–water partition coefficient (Wildman–Crippen LogP) is 2.05. The van der Waals surface area contributed by atoms with Gasteiger partial charge in [-0.05, 0) is 39.1 Å². The average molecular weight is 227 g/mol. The standard InChI is InChI=1S/C11H22BNO3/c1-8(2)9(7-14-13)12-15-10(3,4)11(5,6)16-12/h7-8H,13H2,1-6H3/b9-7+. The molecular formula is C11H22BNO3. The van der Waals surface area contributed by atoms with Crippen molar-refractivity contribution in [1.82, 2.24) is 0 Å². The highest BCUT2D eigenvalue weighted by molar-refractivity contribution is 6.54. The Labute approximate surface area is 98.2 Å². The van der Waals surface area contributed by atoms with Crippen LogP contribution >= 0.6 is 0 Å². The Bertz CT molecular complexity index is 271. The van der Waals surface area contributed by atoms with E-state index >= 15 is 0 Å². The zero-order chi connectivity index (χ0) is 12.6. The van der Waals surface area contributed by atoms with Crippen molar-refractivity contribution in [2.24, 2.45) is 11.8 Å². The molecule has 1 aliphatic heterocycles. The van der Waals surface area contributed by atoms with E-state index in [9.17, 15) is 0 Å². The second-order valence-corrected chi connectivity index (χ2v) is 5.50. The van der Waals surface area contributed by atoms with Crippen molar-refractivity contribution in [1.29, 1.82) is 0 Å². The molecule has 0 aliphatic carbocycles. The molecule has 92 valence electrons. The van der Waals surface area contributed by atoms with Crippen molar-refractivity contribution in [3.05, 3.63) is 11.7 Å². The molecule has 0 spiro atoms. The van der Waals surface area contributed by atoms with Crippen molar-refractivity contribution < 1.29 is 14.1 Å². The second kappa shape index (κ2) is 4.39. The molecule has 0 amide bonds. The van der Waals surface area contributed by atoms with Crippen LogP contribution < -0.4 is 5.90 Å². The third-order valence-electron chi connectivity index (χ3n) is 3.40. The maximum Gasteiger partial charge on any atom is 0.494 e. The molecule has 1 rings (SSSR count). The van der Waals surface area contributed by atoms with Gasteiger partial charge in [0.15, 0.2) is 0 Å². The van der Waals surface area contributed by atoms with Gasteiger partial charge >= 0.3 is 7.12 Å². The smallest absolute Gasteiger partial charge is 0.420 e. The number of hydrogen-bond donors (Lipinski definition) is 1. The van der Waals surface area contributed by atoms with E-state index in [4.69, 9.17) is 15.2 Å². The van der Waals surface area contributed by atoms with Gasteiger partial charge in [0.2, 0.25) is 0 Å². The normalized spacial score (nSPS) is 24.0. The maximum atomic E-state index is 5.91. The first-order valence-electron chi connectivity index (χ1n) is 5.62. The molecule has 0 aromatic carbocycles. The Hall–Kier alpha value is -0.515. The van der Waals surface area contributed by atoms with Crippen LogP contribution in [0.15, 0.2) is 11.7 Å². The molecule has 0 bridgehead atoms. The molecule has 1 aliphatic rings. The van der Waals surface area contributed by atoms with Gasteiger partial charge < -0.3 is 14.1 Å². The first-order valence-corrected chi connectivity index (χ1v) is 5.62. The molecule has 0 unspecified atom stereocenters. The van der Waals surface area contributed by atoms with Crippen LogP contribution in [0, 0.1) is 5.92 Å². The van der Waals surface area contributed by atoms with E-state index in [1.165, 1.54) is 6.26 Å². The highest BCUT2D eigenvalue weighted by Crippen LogP contribution is 2.39. The van der Waals surface area contributed by atoms with Gasteiger partial charge in [0.25, 0.3) is 0 Å². The minimum Gasteiger partial charge on any atom is -0.420 e. The molecule has 0 atom stereocenters. The Kier molecular flexibility index (Phi) is 3.72. The molecule has 1 saturated heterocycles. The summed E-state index contributed by atoms with van der Waals surface area (Å²) in [5, 5.41) is 0. The fourth-order valence-electron chi connectivity index (χ4n) is 1.52. The van der Waals surface area contributed by atoms with Crippen LogP contribution in [0.1, 0.15) is 41.5 Å². The summed E-state index contributed by atoms with van der Waals surface area (Å²) in [5.74, 6) is 5.34. The quantitative estimate of drug-likeness (QED) is 0.455. The van der Waals surface area contributed by atoms with Crippen LogP contribution in [-0.4, -0.2) is 18.3 Å². The third kappa shape index (κ3) is 2.42. The minimum atomic E-state index is -0.381. The topological polar surface area (TPSA) is 53.7 Å². The summed E-state index contributed by atoms with van der Waals surface area (Å²) in [4.78, 5) is 4.59. The van der Waals surface area contributed by atoms with E-state index in [0.717, 1.165) is 5.47 Å². The lowest BCUT2D eigenvalue weighted by molar-refractivity contribution is 0.00578. The fourth-order valence-corrected chi connectivity index (χ4v) is 1.52. The summed E-state index contributed by atoms with van der Waals surface area (Å²) >= 11 is 0. The highest BCUT2D eigenvalue weighted by atomic mass is 16.7. The van der Waals surface area contributed by atoms with Crippen molar-refractivity contribution in [3.8, 4) is 0 Å². The minimum absolute atomic E-state index is 0.262. The van der Waals surface area contributed by atoms with E-state index in [2.05, 4.69) is 18.7 Å². The Balaban J connectivity index is 2.89. The number of nitrogens with two attached hydrogens (primary N) is 1. The molecule has 0 aromatic heterocycles. The van der Waals surface area contributed by atoms with Crippen molar-refractivity contribution in [3.63, 3.8) is 0 Å². The monoisotopic (exact) mass is 227 g/mol. The molecule has 2 N–H and O–H groups in total. The summed E-state index contributed by atoms with van der Waals surface area (Å²) in [6.07, 6.45) is 1.51. The van der Waals surface area contributed by atoms with Gasteiger partial charge in [0.1, 0.15) is 6.26 Å². The van der Waals surface area contributed by atoms with Gasteiger partial charge in [0.05, 0.1) is 11.2 Å². The molecule has 4 nitrogen and oxygen atoms in total. The van der Waals surface area contributed by atoms with E-state index < -0.39 is 0 Å². The summed E-state index contributed by atoms with van der Waals surface area (Å²) in [7, 11) is -0.381. The molecule has 1 fully saturated rings. The van der Waals surface area contributed by atoms with Crippen LogP contribution in [0.3, 0.4) is 0 Å². The second-order valence-electron chi connectivity index (χ2n) is 5.50. The maximum absolute atomic E-state index is 5.91. The van der Waals surface area contributed by atoms with Crippen molar-refractivity contribution >= 4 is 7.12 Å². The first kappa shape index (κ1) is 13.5. The molecule has 5 heteroatoms. The van der Waals surface area contributed by atoms with E-state index in [-0.39, 0.29) is 24.2 Å². The summed E-state index contributed by atoms with van der Waals surface area (Å²) in [6, 6.07) is 0. The molecule has 16 heavy (non-hydrogen) atoms. The van der Waals surface area contributed by atoms with E-state index in [0.29, 0.717) is 0 Å². The highest BCUT2D eigenvalue weighted by Gasteiger charge is 2.52. The Morgan fingerprint density at radius 1 is 1.19 bits per heavy atom. The third-order valence-corrected chi connectivity index (χ3v) is 3.40. The number of rotatable bonds is 3. The molecule has 0 radical (unpaired) electrons. The predicted molar refractivity (Wildman–Crippen MR) is 64.3 cm³/mol. The Morgan fingerprint density at radius 2 is 1.62 bits per heavy atom. The van der Waals surface area contributed by atoms with Crippen LogP contribution in [0.2, 0.25) is 0 Å². The van der Waals surface area contributed by atoms with Gasteiger partial charge in [-0.1, -0.05) is 13.8 Å². The number of hydrogen-bond acceptors (Lipinski definition) is 4. The lowest BCUT2D eigenvalue weighted by atomic mass is 9.73. The van der Waals surface area contributed by atoms with Gasteiger partial charge in [-0.25, -0.2) is 0 Å².